The van der Waals surface area contributed by atoms with Crippen LogP contribution >= 0.6 is 0 Å². The van der Waals surface area contributed by atoms with Crippen LogP contribution in [0.15, 0.2) is 18.2 Å². The molecule has 2 aliphatic rings. The van der Waals surface area contributed by atoms with Gasteiger partial charge in [-0.15, -0.1) is 0 Å². The van der Waals surface area contributed by atoms with Crippen molar-refractivity contribution in [1.29, 1.82) is 0 Å². The molecule has 0 unspecified atom stereocenters. The number of urea groups is 1. The quantitative estimate of drug-likeness (QED) is 0.878. The summed E-state index contributed by atoms with van der Waals surface area (Å²) in [5, 5.41) is 5.79. The van der Waals surface area contributed by atoms with Gasteiger partial charge in [0.2, 0.25) is 0 Å². The van der Waals surface area contributed by atoms with Crippen LogP contribution in [-0.4, -0.2) is 37.4 Å². The molecule has 2 amide bonds. The lowest BCUT2D eigenvalue weighted by molar-refractivity contribution is -0.00539. The van der Waals surface area contributed by atoms with Crippen LogP contribution in [0.3, 0.4) is 0 Å². The molecule has 5 nitrogen and oxygen atoms in total. The van der Waals surface area contributed by atoms with Crippen molar-refractivity contribution in [2.24, 2.45) is 0 Å². The second-order valence-electron chi connectivity index (χ2n) is 7.26. The molecule has 2 fully saturated rings. The highest BCUT2D eigenvalue weighted by atomic mass is 19.1. The monoisotopic (exact) mass is 349 g/mol. The van der Waals surface area contributed by atoms with E-state index >= 15 is 0 Å². The van der Waals surface area contributed by atoms with Crippen molar-refractivity contribution in [1.82, 2.24) is 10.6 Å². The van der Waals surface area contributed by atoms with Gasteiger partial charge in [-0.3, -0.25) is 0 Å². The predicted molar refractivity (Wildman–Crippen MR) is 96.2 cm³/mol. The van der Waals surface area contributed by atoms with Crippen LogP contribution in [0, 0.1) is 5.82 Å². The molecular weight excluding hydrogens is 321 g/mol. The zero-order valence-corrected chi connectivity index (χ0v) is 15.1. The molecule has 0 bridgehead atoms. The fourth-order valence-corrected chi connectivity index (χ4v) is 3.78. The Hall–Kier alpha value is -1.82. The number of hydrogen-bond donors (Lipinski definition) is 2. The lowest BCUT2D eigenvalue weighted by Gasteiger charge is -2.37. The van der Waals surface area contributed by atoms with Crippen molar-refractivity contribution in [3.8, 4) is 0 Å². The standard InChI is InChI=1S/C19H28FN3O2/c1-13-11-23(12-14(2)25-13)18-8-7-15(9-17(18)20)10-21-19(24)22-16-5-3-4-6-16/h7-9,13-14,16H,3-6,10-12H2,1-2H3,(H2,21,22,24)/t13-,14-/m1/s1. The number of benzene rings is 1. The summed E-state index contributed by atoms with van der Waals surface area (Å²) in [6, 6.07) is 5.29. The Balaban J connectivity index is 1.55. The number of amides is 2. The van der Waals surface area contributed by atoms with Crippen molar-refractivity contribution in [2.75, 3.05) is 18.0 Å². The average molecular weight is 349 g/mol. The normalized spacial score (nSPS) is 24.4. The molecule has 0 spiro atoms. The van der Waals surface area contributed by atoms with Crippen LogP contribution in [-0.2, 0) is 11.3 Å². The van der Waals surface area contributed by atoms with E-state index in [0.29, 0.717) is 25.3 Å². The zero-order valence-electron chi connectivity index (χ0n) is 15.1. The number of hydrogen-bond acceptors (Lipinski definition) is 3. The second-order valence-corrected chi connectivity index (χ2v) is 7.26. The topological polar surface area (TPSA) is 53.6 Å². The van der Waals surface area contributed by atoms with Crippen LogP contribution < -0.4 is 15.5 Å². The molecule has 2 N–H and O–H groups in total. The highest BCUT2D eigenvalue weighted by Crippen LogP contribution is 2.24. The fraction of sp³-hybridized carbons (Fsp3) is 0.632. The van der Waals surface area contributed by atoms with Crippen molar-refractivity contribution in [2.45, 2.75) is 64.3 Å². The van der Waals surface area contributed by atoms with E-state index in [0.717, 1.165) is 18.4 Å². The maximum absolute atomic E-state index is 14.5. The average Bonchev–Trinajstić information content (AvgIpc) is 3.05. The Morgan fingerprint density at radius 1 is 1.24 bits per heavy atom. The third-order valence-corrected chi connectivity index (χ3v) is 4.92. The molecule has 1 heterocycles. The summed E-state index contributed by atoms with van der Waals surface area (Å²) in [7, 11) is 0. The summed E-state index contributed by atoms with van der Waals surface area (Å²) in [4.78, 5) is 13.9. The maximum atomic E-state index is 14.5. The SMILES string of the molecule is C[C@@H]1CN(c2ccc(CNC(=O)NC3CCCC3)cc2F)C[C@@H](C)O1. The van der Waals surface area contributed by atoms with Gasteiger partial charge in [0.1, 0.15) is 5.82 Å². The molecule has 0 radical (unpaired) electrons. The Morgan fingerprint density at radius 3 is 2.56 bits per heavy atom. The van der Waals surface area contributed by atoms with Gasteiger partial charge in [0.05, 0.1) is 17.9 Å². The van der Waals surface area contributed by atoms with Gasteiger partial charge in [-0.25, -0.2) is 9.18 Å². The predicted octanol–water partition coefficient (Wildman–Crippen LogP) is 3.18. The fourth-order valence-electron chi connectivity index (χ4n) is 3.78. The smallest absolute Gasteiger partial charge is 0.315 e. The van der Waals surface area contributed by atoms with Gasteiger partial charge in [-0.1, -0.05) is 18.9 Å². The molecule has 1 saturated carbocycles. The first-order valence-corrected chi connectivity index (χ1v) is 9.24. The van der Waals surface area contributed by atoms with E-state index in [-0.39, 0.29) is 30.1 Å². The zero-order chi connectivity index (χ0) is 17.8. The van der Waals surface area contributed by atoms with E-state index in [1.807, 2.05) is 24.8 Å². The van der Waals surface area contributed by atoms with E-state index in [9.17, 15) is 9.18 Å². The van der Waals surface area contributed by atoms with Crippen molar-refractivity contribution in [3.63, 3.8) is 0 Å². The largest absolute Gasteiger partial charge is 0.372 e. The first kappa shape index (κ1) is 18.0. The van der Waals surface area contributed by atoms with Crippen molar-refractivity contribution in [3.05, 3.63) is 29.6 Å². The third kappa shape index (κ3) is 4.84. The van der Waals surface area contributed by atoms with E-state index < -0.39 is 0 Å². The molecule has 6 heteroatoms. The number of nitrogens with zero attached hydrogens (tertiary/aromatic N) is 1. The van der Waals surface area contributed by atoms with E-state index in [2.05, 4.69) is 10.6 Å². The van der Waals surface area contributed by atoms with E-state index in [4.69, 9.17) is 4.74 Å². The Kier molecular flexibility index (Phi) is 5.78. The minimum Gasteiger partial charge on any atom is -0.372 e. The molecule has 25 heavy (non-hydrogen) atoms. The van der Waals surface area contributed by atoms with Crippen LogP contribution in [0.5, 0.6) is 0 Å². The highest BCUT2D eigenvalue weighted by molar-refractivity contribution is 5.74. The summed E-state index contributed by atoms with van der Waals surface area (Å²) in [6.45, 7) is 5.70. The first-order valence-electron chi connectivity index (χ1n) is 9.24. The molecular formula is C19H28FN3O2. The molecule has 138 valence electrons. The van der Waals surface area contributed by atoms with Gasteiger partial charge in [-0.05, 0) is 44.4 Å². The number of ether oxygens (including phenoxy) is 1. The molecule has 2 atom stereocenters. The van der Waals surface area contributed by atoms with Gasteiger partial charge in [0.15, 0.2) is 0 Å². The molecule has 1 aliphatic heterocycles. The maximum Gasteiger partial charge on any atom is 0.315 e. The summed E-state index contributed by atoms with van der Waals surface area (Å²) in [5.41, 5.74) is 1.36. The number of anilines is 1. The highest BCUT2D eigenvalue weighted by Gasteiger charge is 2.24. The number of carbonyl (C=O) groups excluding carboxylic acids is 1. The van der Waals surface area contributed by atoms with Gasteiger partial charge >= 0.3 is 6.03 Å². The Morgan fingerprint density at radius 2 is 1.92 bits per heavy atom. The van der Waals surface area contributed by atoms with Gasteiger partial charge < -0.3 is 20.3 Å². The van der Waals surface area contributed by atoms with Crippen molar-refractivity contribution < 1.29 is 13.9 Å². The van der Waals surface area contributed by atoms with Crippen molar-refractivity contribution >= 4 is 11.7 Å². The first-order chi connectivity index (χ1) is 12.0. The van der Waals surface area contributed by atoms with Crippen LogP contribution in [0.1, 0.15) is 45.1 Å². The van der Waals surface area contributed by atoms with Crippen LogP contribution in [0.25, 0.3) is 0 Å². The number of nitrogens with one attached hydrogen (secondary N) is 2. The summed E-state index contributed by atoms with van der Waals surface area (Å²) >= 11 is 0. The van der Waals surface area contributed by atoms with Crippen LogP contribution in [0.4, 0.5) is 14.9 Å². The molecule has 1 aromatic carbocycles. The molecule has 1 aromatic rings. The third-order valence-electron chi connectivity index (χ3n) is 4.92. The minimum atomic E-state index is -0.253. The number of morpholine rings is 1. The summed E-state index contributed by atoms with van der Waals surface area (Å²) in [5.74, 6) is -0.253. The van der Waals surface area contributed by atoms with Gasteiger partial charge in [-0.2, -0.15) is 0 Å². The Bertz CT molecular complexity index is 594. The Labute approximate surface area is 148 Å². The van der Waals surface area contributed by atoms with Gasteiger partial charge in [0, 0.05) is 25.7 Å². The molecule has 0 aromatic heterocycles. The lowest BCUT2D eigenvalue weighted by atomic mass is 10.1. The molecule has 1 saturated heterocycles. The van der Waals surface area contributed by atoms with Gasteiger partial charge in [0.25, 0.3) is 0 Å². The van der Waals surface area contributed by atoms with Crippen LogP contribution in [0.2, 0.25) is 0 Å². The van der Waals surface area contributed by atoms with E-state index in [1.165, 1.54) is 18.9 Å². The number of rotatable bonds is 4. The molecule has 3 rings (SSSR count). The number of carbonyl (C=O) groups is 1. The second kappa shape index (κ2) is 8.04. The summed E-state index contributed by atoms with van der Waals surface area (Å²) < 4.78 is 20.2. The lowest BCUT2D eigenvalue weighted by Crippen LogP contribution is -2.45. The number of halogens is 1. The van der Waals surface area contributed by atoms with E-state index in [1.54, 1.807) is 6.07 Å². The minimum absolute atomic E-state index is 0.0868. The summed E-state index contributed by atoms with van der Waals surface area (Å²) in [6.07, 6.45) is 4.63. The molecule has 1 aliphatic carbocycles.